The van der Waals surface area contributed by atoms with Crippen LogP contribution in [0.25, 0.3) is 121 Å². The van der Waals surface area contributed by atoms with Gasteiger partial charge in [-0.2, -0.15) is 0 Å². The third-order valence-corrected chi connectivity index (χ3v) is 16.6. The van der Waals surface area contributed by atoms with E-state index in [9.17, 15) is 0 Å². The Hall–Kier alpha value is -9.04. The van der Waals surface area contributed by atoms with Crippen LogP contribution >= 0.6 is 0 Å². The molecule has 1 spiro atoms. The first-order valence-electron chi connectivity index (χ1n) is 25.5. The normalized spacial score (nSPS) is 13.8. The van der Waals surface area contributed by atoms with Crippen molar-refractivity contribution in [2.24, 2.45) is 0 Å². The number of rotatable bonds is 4. The van der Waals surface area contributed by atoms with Crippen molar-refractivity contribution >= 4 is 60.1 Å². The molecule has 1 heterocycles. The average Bonchev–Trinajstić information content (AvgIpc) is 4.06. The second-order valence-corrected chi connectivity index (χ2v) is 20.1. The fourth-order valence-electron chi connectivity index (χ4n) is 13.7. The van der Waals surface area contributed by atoms with Crippen molar-refractivity contribution in [2.45, 2.75) is 18.3 Å². The van der Waals surface area contributed by atoms with E-state index >= 15 is 0 Å². The first kappa shape index (κ1) is 39.8. The minimum Gasteiger partial charge on any atom is -0.310 e. The molecule has 0 saturated carbocycles. The molecular formula is C71H45N. The van der Waals surface area contributed by atoms with Crippen LogP contribution in [0.1, 0.15) is 39.9 Å². The fourth-order valence-corrected chi connectivity index (χ4v) is 13.7. The predicted molar refractivity (Wildman–Crippen MR) is 303 cm³/mol. The topological polar surface area (TPSA) is 4.93 Å². The molecule has 72 heavy (non-hydrogen) atoms. The van der Waals surface area contributed by atoms with Crippen LogP contribution in [-0.2, 0) is 11.8 Å². The number of benzene rings is 12. The highest BCUT2D eigenvalue weighted by atomic mass is 15.0. The van der Waals surface area contributed by atoms with Gasteiger partial charge in [0.15, 0.2) is 0 Å². The first-order chi connectivity index (χ1) is 35.7. The van der Waals surface area contributed by atoms with Gasteiger partial charge in [0.1, 0.15) is 0 Å². The maximum absolute atomic E-state index is 2.49. The van der Waals surface area contributed by atoms with Crippen LogP contribution in [0.5, 0.6) is 0 Å². The molecule has 0 saturated heterocycles. The Morgan fingerprint density at radius 1 is 0.347 bits per heavy atom. The van der Waals surface area contributed by atoms with Gasteiger partial charge in [0.05, 0.1) is 10.9 Å². The number of fused-ring (bicyclic) bond motifs is 18. The highest BCUT2D eigenvalue weighted by Gasteiger charge is 2.52. The van der Waals surface area contributed by atoms with Crippen LogP contribution in [0.2, 0.25) is 0 Å². The van der Waals surface area contributed by atoms with Gasteiger partial charge >= 0.3 is 0 Å². The molecule has 0 bridgehead atoms. The monoisotopic (exact) mass is 911 g/mol. The van der Waals surface area contributed by atoms with Gasteiger partial charge in [-0.05, 0) is 188 Å². The molecule has 334 valence electrons. The first-order valence-corrected chi connectivity index (χ1v) is 25.5. The largest absolute Gasteiger partial charge is 0.310 e. The Kier molecular flexibility index (Phi) is 8.28. The molecule has 0 atom stereocenters. The minimum absolute atomic E-state index is 0.427. The molecule has 1 aromatic heterocycles. The minimum atomic E-state index is -0.427. The average molecular weight is 912 g/mol. The number of aromatic nitrogens is 1. The Morgan fingerprint density at radius 3 is 1.64 bits per heavy atom. The second kappa shape index (κ2) is 15.0. The Bertz CT molecular complexity index is 4380. The van der Waals surface area contributed by atoms with E-state index in [1.807, 2.05) is 0 Å². The molecule has 0 unspecified atom stereocenters. The lowest BCUT2D eigenvalue weighted by Crippen LogP contribution is -2.26. The summed E-state index contributed by atoms with van der Waals surface area (Å²) in [5.74, 6) is 0. The summed E-state index contributed by atoms with van der Waals surface area (Å²) in [6, 6.07) is 89.4. The van der Waals surface area contributed by atoms with E-state index in [1.165, 1.54) is 149 Å². The lowest BCUT2D eigenvalue weighted by atomic mass is 9.69. The maximum Gasteiger partial charge on any atom is 0.0731 e. The van der Waals surface area contributed by atoms with Crippen LogP contribution in [-0.4, -0.2) is 4.57 Å². The smallest absolute Gasteiger partial charge is 0.0731 e. The quantitative estimate of drug-likeness (QED) is 0.155. The van der Waals surface area contributed by atoms with Crippen molar-refractivity contribution in [3.05, 3.63) is 276 Å². The number of aryl methyl sites for hydroxylation is 1. The number of hydrogen-bond acceptors (Lipinski definition) is 0. The Balaban J connectivity index is 0.832. The molecule has 3 aliphatic carbocycles. The third kappa shape index (κ3) is 5.37. The van der Waals surface area contributed by atoms with Gasteiger partial charge in [0.25, 0.3) is 0 Å². The summed E-state index contributed by atoms with van der Waals surface area (Å²) in [6.45, 7) is 0. The van der Waals surface area contributed by atoms with E-state index in [1.54, 1.807) is 0 Å². The molecule has 0 aliphatic heterocycles. The summed E-state index contributed by atoms with van der Waals surface area (Å²) in [4.78, 5) is 0. The molecular weight excluding hydrogens is 867 g/mol. The zero-order valence-electron chi connectivity index (χ0n) is 39.5. The number of allylic oxidation sites excluding steroid dienone is 1. The van der Waals surface area contributed by atoms with Crippen molar-refractivity contribution in [3.63, 3.8) is 0 Å². The molecule has 16 rings (SSSR count). The Morgan fingerprint density at radius 2 is 0.931 bits per heavy atom. The van der Waals surface area contributed by atoms with E-state index in [0.717, 1.165) is 12.8 Å². The zero-order chi connectivity index (χ0) is 47.1. The van der Waals surface area contributed by atoms with Crippen molar-refractivity contribution in [1.82, 2.24) is 4.57 Å². The van der Waals surface area contributed by atoms with E-state index in [0.29, 0.717) is 0 Å². The molecule has 1 nitrogen and oxygen atoms in total. The Labute approximate surface area is 418 Å². The molecule has 1 heteroatoms. The summed E-state index contributed by atoms with van der Waals surface area (Å²) >= 11 is 0. The van der Waals surface area contributed by atoms with Gasteiger partial charge in [0.2, 0.25) is 0 Å². The molecule has 3 aliphatic rings. The summed E-state index contributed by atoms with van der Waals surface area (Å²) in [7, 11) is 0. The van der Waals surface area contributed by atoms with Crippen molar-refractivity contribution in [1.29, 1.82) is 0 Å². The summed E-state index contributed by atoms with van der Waals surface area (Å²) in [6.07, 6.45) is 6.75. The number of hydrogen-bond donors (Lipinski definition) is 0. The molecule has 0 N–H and O–H groups in total. The van der Waals surface area contributed by atoms with Crippen molar-refractivity contribution in [2.75, 3.05) is 0 Å². The van der Waals surface area contributed by atoms with Crippen LogP contribution in [0.3, 0.4) is 0 Å². The van der Waals surface area contributed by atoms with Gasteiger partial charge < -0.3 is 4.57 Å². The van der Waals surface area contributed by atoms with Crippen LogP contribution in [0, 0.1) is 0 Å². The molecule has 12 aromatic carbocycles. The third-order valence-electron chi connectivity index (χ3n) is 16.6. The van der Waals surface area contributed by atoms with Gasteiger partial charge in [-0.25, -0.2) is 0 Å². The van der Waals surface area contributed by atoms with Crippen molar-refractivity contribution < 1.29 is 0 Å². The fraction of sp³-hybridized carbons (Fsp3) is 0.0423. The summed E-state index contributed by atoms with van der Waals surface area (Å²) < 4.78 is 2.45. The standard InChI is InChI=1S/C71H45N/c1-2-18-51(19-3-1)72-66-29-15-12-22-55(66)62-42-50(36-39-67(62)72)69-58-25-8-6-23-56(58)68(57-24-7-9-26-59(57)69)45-32-30-44(31-33-45)48-34-37-52-49(40-48)35-38-60-61-41-46-16-4-5-17-47(46)43-65(61)71(70(52)60)63-27-13-10-20-53(63)54-21-11-14-28-64(54)71/h1-11,13-21,23-43H,12,22H2. The van der Waals surface area contributed by atoms with Crippen LogP contribution in [0.4, 0.5) is 0 Å². The summed E-state index contributed by atoms with van der Waals surface area (Å²) in [5, 5.41) is 11.5. The van der Waals surface area contributed by atoms with Gasteiger partial charge in [0, 0.05) is 16.8 Å². The molecule has 13 aromatic rings. The molecule has 0 amide bonds. The predicted octanol–water partition coefficient (Wildman–Crippen LogP) is 18.5. The SMILES string of the molecule is C1=Cc2c(c3cc(-c4c5ccccc5c(-c5ccc(-c6ccc7c8c(ccc7c6)-c6cc7ccccc7cc6C86c7ccccc7-c7ccccc76)cc5)c5ccccc45)ccc3n2-c2ccccc2)CC1. The molecule has 0 fully saturated rings. The number of nitrogens with zero attached hydrogens (tertiary/aromatic N) is 1. The van der Waals surface area contributed by atoms with Gasteiger partial charge in [-0.3, -0.25) is 0 Å². The van der Waals surface area contributed by atoms with E-state index < -0.39 is 5.41 Å². The maximum atomic E-state index is 2.49. The van der Waals surface area contributed by atoms with Gasteiger partial charge in [-0.15, -0.1) is 0 Å². The van der Waals surface area contributed by atoms with Gasteiger partial charge in [-0.1, -0.05) is 200 Å². The number of para-hydroxylation sites is 1. The zero-order valence-corrected chi connectivity index (χ0v) is 39.5. The second-order valence-electron chi connectivity index (χ2n) is 20.1. The lowest BCUT2D eigenvalue weighted by Gasteiger charge is -2.31. The highest BCUT2D eigenvalue weighted by molar-refractivity contribution is 6.22. The van der Waals surface area contributed by atoms with Crippen molar-refractivity contribution in [3.8, 4) is 61.3 Å². The van der Waals surface area contributed by atoms with E-state index in [-0.39, 0.29) is 0 Å². The molecule has 0 radical (unpaired) electrons. The summed E-state index contributed by atoms with van der Waals surface area (Å²) in [5.41, 5.74) is 23.1. The van der Waals surface area contributed by atoms with E-state index in [2.05, 4.69) is 253 Å². The lowest BCUT2D eigenvalue weighted by molar-refractivity contribution is 0.802. The van der Waals surface area contributed by atoms with Crippen LogP contribution < -0.4 is 0 Å². The van der Waals surface area contributed by atoms with Crippen LogP contribution in [0.15, 0.2) is 243 Å². The van der Waals surface area contributed by atoms with E-state index in [4.69, 9.17) is 0 Å². The highest BCUT2D eigenvalue weighted by Crippen LogP contribution is 2.64.